The smallest absolute Gasteiger partial charge is 0.339 e. The van der Waals surface area contributed by atoms with Gasteiger partial charge in [0.25, 0.3) is 0 Å². The summed E-state index contributed by atoms with van der Waals surface area (Å²) < 4.78 is 6.52. The summed E-state index contributed by atoms with van der Waals surface area (Å²) in [6.07, 6.45) is 6.48. The molecule has 0 aliphatic heterocycles. The van der Waals surface area contributed by atoms with Crippen LogP contribution in [0.5, 0.6) is 0 Å². The first-order valence-corrected chi connectivity index (χ1v) is 6.79. The van der Waals surface area contributed by atoms with Gasteiger partial charge in [-0.3, -0.25) is 0 Å². The Kier molecular flexibility index (Phi) is 4.81. The lowest BCUT2D eigenvalue weighted by Crippen LogP contribution is -2.06. The van der Waals surface area contributed by atoms with Crippen LogP contribution < -0.4 is 0 Å². The Bertz CT molecular complexity index is 563. The quantitative estimate of drug-likeness (QED) is 0.755. The fourth-order valence-electron chi connectivity index (χ4n) is 1.74. The summed E-state index contributed by atoms with van der Waals surface area (Å²) in [5.41, 5.74) is 1.38. The predicted molar refractivity (Wildman–Crippen MR) is 73.7 cm³/mol. The lowest BCUT2D eigenvalue weighted by Gasteiger charge is -2.02. The van der Waals surface area contributed by atoms with Gasteiger partial charge in [-0.2, -0.15) is 0 Å². The fraction of sp³-hybridized carbons (Fsp3) is 0.429. The van der Waals surface area contributed by atoms with Crippen LogP contribution in [0, 0.1) is 0 Å². The highest BCUT2D eigenvalue weighted by atomic mass is 16.5. The lowest BCUT2D eigenvalue weighted by atomic mass is 10.2. The van der Waals surface area contributed by atoms with Gasteiger partial charge < -0.3 is 4.74 Å². The monoisotopic (exact) mass is 274 g/mol. The van der Waals surface area contributed by atoms with Crippen molar-refractivity contribution in [3.8, 4) is 5.82 Å². The number of carbonyl (C=O) groups excluding carboxylic acids is 1. The summed E-state index contributed by atoms with van der Waals surface area (Å²) in [5, 5.41) is 8.14. The number of carbonyl (C=O) groups is 1. The van der Waals surface area contributed by atoms with E-state index in [9.17, 15) is 4.79 Å². The number of ether oxygens (including phenoxy) is 1. The maximum absolute atomic E-state index is 11.5. The van der Waals surface area contributed by atoms with E-state index in [0.29, 0.717) is 18.0 Å². The van der Waals surface area contributed by atoms with E-state index in [2.05, 4.69) is 22.2 Å². The first-order chi connectivity index (χ1) is 9.74. The summed E-state index contributed by atoms with van der Waals surface area (Å²) in [7, 11) is 0. The van der Waals surface area contributed by atoms with Gasteiger partial charge in [0.15, 0.2) is 5.82 Å². The van der Waals surface area contributed by atoms with Crippen molar-refractivity contribution in [2.45, 2.75) is 33.1 Å². The van der Waals surface area contributed by atoms with Gasteiger partial charge in [-0.25, -0.2) is 14.5 Å². The van der Waals surface area contributed by atoms with Gasteiger partial charge in [0, 0.05) is 6.20 Å². The number of hydrogen-bond donors (Lipinski definition) is 0. The normalized spacial score (nSPS) is 10.5. The first kappa shape index (κ1) is 14.2. The van der Waals surface area contributed by atoms with Gasteiger partial charge in [0.05, 0.1) is 24.1 Å². The minimum atomic E-state index is -0.367. The molecular formula is C14H18N4O2. The Balaban J connectivity index is 2.09. The van der Waals surface area contributed by atoms with E-state index in [1.54, 1.807) is 23.7 Å². The second-order valence-corrected chi connectivity index (χ2v) is 4.38. The summed E-state index contributed by atoms with van der Waals surface area (Å²) in [6, 6.07) is 3.40. The maximum Gasteiger partial charge on any atom is 0.339 e. The number of hydrogen-bond acceptors (Lipinski definition) is 5. The van der Waals surface area contributed by atoms with Crippen LogP contribution in [0.15, 0.2) is 24.5 Å². The summed E-state index contributed by atoms with van der Waals surface area (Å²) >= 11 is 0. The number of esters is 1. The fourth-order valence-corrected chi connectivity index (χ4v) is 1.74. The van der Waals surface area contributed by atoms with Crippen molar-refractivity contribution in [2.75, 3.05) is 6.61 Å². The van der Waals surface area contributed by atoms with Crippen LogP contribution in [0.4, 0.5) is 0 Å². The van der Waals surface area contributed by atoms with Crippen molar-refractivity contribution in [1.82, 2.24) is 20.0 Å². The van der Waals surface area contributed by atoms with Gasteiger partial charge in [-0.05, 0) is 31.9 Å². The largest absolute Gasteiger partial charge is 0.462 e. The highest BCUT2D eigenvalue weighted by molar-refractivity contribution is 5.89. The molecule has 0 amide bonds. The zero-order chi connectivity index (χ0) is 14.4. The van der Waals surface area contributed by atoms with Gasteiger partial charge >= 0.3 is 5.97 Å². The Morgan fingerprint density at radius 2 is 2.20 bits per heavy atom. The number of rotatable bonds is 6. The van der Waals surface area contributed by atoms with Crippen LogP contribution >= 0.6 is 0 Å². The molecule has 0 aliphatic rings. The minimum Gasteiger partial charge on any atom is -0.462 e. The van der Waals surface area contributed by atoms with Gasteiger partial charge in [-0.15, -0.1) is 5.10 Å². The molecular weight excluding hydrogens is 256 g/mol. The molecule has 6 heteroatoms. The Morgan fingerprint density at radius 3 is 2.85 bits per heavy atom. The second kappa shape index (κ2) is 6.79. The van der Waals surface area contributed by atoms with E-state index in [1.807, 2.05) is 6.20 Å². The Labute approximate surface area is 117 Å². The number of unbranched alkanes of at least 4 members (excludes halogenated alkanes) is 1. The van der Waals surface area contributed by atoms with Crippen LogP contribution in [0.25, 0.3) is 5.82 Å². The number of pyridine rings is 1. The van der Waals surface area contributed by atoms with Crippen molar-refractivity contribution in [1.29, 1.82) is 0 Å². The van der Waals surface area contributed by atoms with E-state index in [-0.39, 0.29) is 5.97 Å². The summed E-state index contributed by atoms with van der Waals surface area (Å²) in [5.74, 6) is 0.266. The van der Waals surface area contributed by atoms with Gasteiger partial charge in [0.2, 0.25) is 0 Å². The second-order valence-electron chi connectivity index (χ2n) is 4.38. The molecule has 6 nitrogen and oxygen atoms in total. The zero-order valence-electron chi connectivity index (χ0n) is 11.7. The predicted octanol–water partition coefficient (Wildman–Crippen LogP) is 2.18. The molecule has 0 radical (unpaired) electrons. The average molecular weight is 274 g/mol. The Morgan fingerprint density at radius 1 is 1.35 bits per heavy atom. The molecule has 0 N–H and O–H groups in total. The molecule has 2 aromatic heterocycles. The molecule has 0 atom stereocenters. The van der Waals surface area contributed by atoms with E-state index >= 15 is 0 Å². The molecule has 2 heterocycles. The SMILES string of the molecule is CCCCc1cn(-c2ccc(C(=O)OCC)cn2)nn1. The van der Waals surface area contributed by atoms with Gasteiger partial charge in [0.1, 0.15) is 0 Å². The third-order valence-corrected chi connectivity index (χ3v) is 2.82. The van der Waals surface area contributed by atoms with Crippen LogP contribution in [0.2, 0.25) is 0 Å². The highest BCUT2D eigenvalue weighted by Gasteiger charge is 2.08. The molecule has 0 spiro atoms. The van der Waals surface area contributed by atoms with Crippen molar-refractivity contribution >= 4 is 5.97 Å². The lowest BCUT2D eigenvalue weighted by molar-refractivity contribution is 0.0526. The van der Waals surface area contributed by atoms with E-state index in [4.69, 9.17) is 4.74 Å². The molecule has 0 fully saturated rings. The zero-order valence-corrected chi connectivity index (χ0v) is 11.7. The molecule has 0 saturated heterocycles. The molecule has 0 aromatic carbocycles. The standard InChI is InChI=1S/C14H18N4O2/c1-3-5-6-12-10-18(17-16-12)13-8-7-11(9-15-13)14(19)20-4-2/h7-10H,3-6H2,1-2H3. The third kappa shape index (κ3) is 3.40. The van der Waals surface area contributed by atoms with E-state index in [1.165, 1.54) is 6.20 Å². The molecule has 106 valence electrons. The Hall–Kier alpha value is -2.24. The minimum absolute atomic E-state index is 0.352. The number of aryl methyl sites for hydroxylation is 1. The van der Waals surface area contributed by atoms with Crippen LogP contribution in [-0.4, -0.2) is 32.6 Å². The van der Waals surface area contributed by atoms with E-state index in [0.717, 1.165) is 25.0 Å². The maximum atomic E-state index is 11.5. The van der Waals surface area contributed by atoms with Crippen LogP contribution in [-0.2, 0) is 11.2 Å². The number of nitrogens with zero attached hydrogens (tertiary/aromatic N) is 4. The van der Waals surface area contributed by atoms with Crippen molar-refractivity contribution in [3.05, 3.63) is 35.8 Å². The molecule has 0 aliphatic carbocycles. The van der Waals surface area contributed by atoms with Crippen molar-refractivity contribution in [3.63, 3.8) is 0 Å². The van der Waals surface area contributed by atoms with Crippen LogP contribution in [0.1, 0.15) is 42.7 Å². The summed E-state index contributed by atoms with van der Waals surface area (Å²) in [4.78, 5) is 15.7. The molecule has 20 heavy (non-hydrogen) atoms. The van der Waals surface area contributed by atoms with Crippen molar-refractivity contribution in [2.24, 2.45) is 0 Å². The molecule has 2 aromatic rings. The van der Waals surface area contributed by atoms with Gasteiger partial charge in [-0.1, -0.05) is 18.6 Å². The third-order valence-electron chi connectivity index (χ3n) is 2.82. The van der Waals surface area contributed by atoms with Crippen molar-refractivity contribution < 1.29 is 9.53 Å². The van der Waals surface area contributed by atoms with E-state index < -0.39 is 0 Å². The molecule has 2 rings (SSSR count). The summed E-state index contributed by atoms with van der Waals surface area (Å²) in [6.45, 7) is 4.26. The molecule has 0 bridgehead atoms. The highest BCUT2D eigenvalue weighted by Crippen LogP contribution is 2.08. The topological polar surface area (TPSA) is 69.9 Å². The molecule has 0 unspecified atom stereocenters. The first-order valence-electron chi connectivity index (χ1n) is 6.79. The van der Waals surface area contributed by atoms with Crippen LogP contribution in [0.3, 0.4) is 0 Å². The number of aromatic nitrogens is 4. The average Bonchev–Trinajstić information content (AvgIpc) is 2.94. The molecule has 0 saturated carbocycles.